The Labute approximate surface area is 143 Å². The van der Waals surface area contributed by atoms with E-state index < -0.39 is 11.8 Å². The molecule has 0 aliphatic rings. The maximum absolute atomic E-state index is 12.3. The Balaban J connectivity index is 2.21. The number of benzene rings is 2. The van der Waals surface area contributed by atoms with Crippen LogP contribution >= 0.6 is 0 Å². The fourth-order valence-electron chi connectivity index (χ4n) is 2.94. The van der Waals surface area contributed by atoms with E-state index in [4.69, 9.17) is 5.73 Å². The van der Waals surface area contributed by atoms with Crippen LogP contribution in [0.5, 0.6) is 0 Å². The molecule has 2 rings (SSSR count). The molecule has 0 aliphatic carbocycles. The number of primary amides is 1. The highest BCUT2D eigenvalue weighted by Gasteiger charge is 2.25. The molecule has 0 radical (unpaired) electrons. The van der Waals surface area contributed by atoms with Crippen molar-refractivity contribution in [3.05, 3.63) is 71.8 Å². The fourth-order valence-corrected chi connectivity index (χ4v) is 2.94. The highest BCUT2D eigenvalue weighted by molar-refractivity contribution is 5.85. The van der Waals surface area contributed by atoms with E-state index in [9.17, 15) is 9.59 Å². The lowest BCUT2D eigenvalue weighted by atomic mass is 9.85. The first kappa shape index (κ1) is 17.7. The normalized spacial score (nSPS) is 13.3. The lowest BCUT2D eigenvalue weighted by molar-refractivity contribution is -0.129. The number of nitrogens with one attached hydrogen (secondary N) is 1. The molecule has 0 saturated carbocycles. The molecular weight excluding hydrogens is 300 g/mol. The quantitative estimate of drug-likeness (QED) is 0.822. The Morgan fingerprint density at radius 1 is 0.917 bits per heavy atom. The minimum Gasteiger partial charge on any atom is -0.370 e. The van der Waals surface area contributed by atoms with Gasteiger partial charge in [0, 0.05) is 24.3 Å². The first-order valence-corrected chi connectivity index (χ1v) is 8.17. The first-order valence-electron chi connectivity index (χ1n) is 8.17. The summed E-state index contributed by atoms with van der Waals surface area (Å²) in [5, 5.41) is 3.04. The van der Waals surface area contributed by atoms with Crippen molar-refractivity contribution in [2.75, 3.05) is 0 Å². The van der Waals surface area contributed by atoms with Crippen LogP contribution in [0.2, 0.25) is 0 Å². The molecule has 0 spiro atoms. The number of carbonyl (C=O) groups is 2. The van der Waals surface area contributed by atoms with Gasteiger partial charge in [0.15, 0.2) is 0 Å². The molecule has 24 heavy (non-hydrogen) atoms. The number of nitrogens with two attached hydrogens (primary N) is 1. The lowest BCUT2D eigenvalue weighted by Crippen LogP contribution is -2.41. The third-order valence-corrected chi connectivity index (χ3v) is 4.14. The van der Waals surface area contributed by atoms with Gasteiger partial charge >= 0.3 is 0 Å². The lowest BCUT2D eigenvalue weighted by Gasteiger charge is -2.27. The van der Waals surface area contributed by atoms with Gasteiger partial charge in [-0.2, -0.15) is 0 Å². The van der Waals surface area contributed by atoms with Crippen LogP contribution in [0.4, 0.5) is 0 Å². The smallest absolute Gasteiger partial charge is 0.223 e. The Morgan fingerprint density at radius 3 is 1.79 bits per heavy atom. The van der Waals surface area contributed by atoms with Crippen LogP contribution in [0.1, 0.15) is 37.3 Å². The minimum atomic E-state index is -0.465. The molecule has 2 aromatic rings. The summed E-state index contributed by atoms with van der Waals surface area (Å²) in [6, 6.07) is 20.1. The highest BCUT2D eigenvalue weighted by atomic mass is 16.2. The number of hydrogen-bond acceptors (Lipinski definition) is 2. The zero-order chi connectivity index (χ0) is 17.5. The summed E-state index contributed by atoms with van der Waals surface area (Å²) in [5.74, 6) is -1.01. The Morgan fingerprint density at radius 2 is 1.38 bits per heavy atom. The van der Waals surface area contributed by atoms with E-state index in [0.29, 0.717) is 0 Å². The standard InChI is InChI=1S/C20H24N2O2/c1-14(13-18(21)23)20(24)22-15(2)19(16-9-5-3-6-10-16)17-11-7-4-8-12-17/h3-12,14-15,19H,13H2,1-2H3,(H2,21,23)(H,22,24). The monoisotopic (exact) mass is 324 g/mol. The molecule has 0 aromatic heterocycles. The molecule has 0 heterocycles. The summed E-state index contributed by atoms with van der Waals surface area (Å²) in [6.45, 7) is 3.70. The molecule has 0 saturated heterocycles. The van der Waals surface area contributed by atoms with Crippen LogP contribution in [0.3, 0.4) is 0 Å². The summed E-state index contributed by atoms with van der Waals surface area (Å²) < 4.78 is 0. The summed E-state index contributed by atoms with van der Waals surface area (Å²) in [5.41, 5.74) is 7.46. The van der Waals surface area contributed by atoms with E-state index in [0.717, 1.165) is 11.1 Å². The predicted octanol–water partition coefficient (Wildman–Crippen LogP) is 2.83. The predicted molar refractivity (Wildman–Crippen MR) is 95.3 cm³/mol. The molecule has 2 amide bonds. The fraction of sp³-hybridized carbons (Fsp3) is 0.300. The van der Waals surface area contributed by atoms with Crippen molar-refractivity contribution in [1.82, 2.24) is 5.32 Å². The second-order valence-electron chi connectivity index (χ2n) is 6.17. The van der Waals surface area contributed by atoms with Gasteiger partial charge in [-0.15, -0.1) is 0 Å². The van der Waals surface area contributed by atoms with Gasteiger partial charge < -0.3 is 11.1 Å². The molecule has 2 atom stereocenters. The van der Waals surface area contributed by atoms with Crippen molar-refractivity contribution < 1.29 is 9.59 Å². The molecule has 4 heteroatoms. The number of rotatable bonds is 7. The minimum absolute atomic E-state index is 0.0390. The Bertz CT molecular complexity index is 631. The van der Waals surface area contributed by atoms with Crippen LogP contribution in [0.25, 0.3) is 0 Å². The van der Waals surface area contributed by atoms with E-state index in [1.807, 2.05) is 43.3 Å². The molecular formula is C20H24N2O2. The maximum Gasteiger partial charge on any atom is 0.223 e. The highest BCUT2D eigenvalue weighted by Crippen LogP contribution is 2.28. The molecule has 3 N–H and O–H groups in total. The SMILES string of the molecule is CC(CC(N)=O)C(=O)NC(C)C(c1ccccc1)c1ccccc1. The van der Waals surface area contributed by atoms with Gasteiger partial charge in [0.25, 0.3) is 0 Å². The van der Waals surface area contributed by atoms with E-state index in [1.165, 1.54) is 0 Å². The summed E-state index contributed by atoms with van der Waals surface area (Å²) >= 11 is 0. The van der Waals surface area contributed by atoms with Gasteiger partial charge in [0.1, 0.15) is 0 Å². The van der Waals surface area contributed by atoms with E-state index in [2.05, 4.69) is 29.6 Å². The third kappa shape index (κ3) is 4.69. The topological polar surface area (TPSA) is 72.2 Å². The van der Waals surface area contributed by atoms with E-state index >= 15 is 0 Å². The Kier molecular flexibility index (Phi) is 6.13. The van der Waals surface area contributed by atoms with Crippen molar-refractivity contribution in [2.24, 2.45) is 11.7 Å². The first-order chi connectivity index (χ1) is 11.5. The zero-order valence-electron chi connectivity index (χ0n) is 14.1. The van der Waals surface area contributed by atoms with E-state index in [1.54, 1.807) is 6.92 Å². The zero-order valence-corrected chi connectivity index (χ0v) is 14.1. The number of amides is 2. The van der Waals surface area contributed by atoms with Crippen LogP contribution in [0.15, 0.2) is 60.7 Å². The molecule has 0 aliphatic heterocycles. The summed E-state index contributed by atoms with van der Waals surface area (Å²) in [7, 11) is 0. The van der Waals surface area contributed by atoms with Gasteiger partial charge in [-0.05, 0) is 18.1 Å². The molecule has 4 nitrogen and oxygen atoms in total. The van der Waals surface area contributed by atoms with Crippen LogP contribution in [-0.2, 0) is 9.59 Å². The maximum atomic E-state index is 12.3. The van der Waals surface area contributed by atoms with Crippen LogP contribution in [0, 0.1) is 5.92 Å². The average Bonchev–Trinajstić information content (AvgIpc) is 2.56. The second-order valence-corrected chi connectivity index (χ2v) is 6.17. The number of hydrogen-bond donors (Lipinski definition) is 2. The Hall–Kier alpha value is -2.62. The van der Waals surface area contributed by atoms with E-state index in [-0.39, 0.29) is 24.3 Å². The van der Waals surface area contributed by atoms with Gasteiger partial charge in [-0.3, -0.25) is 9.59 Å². The molecule has 2 unspecified atom stereocenters. The van der Waals surface area contributed by atoms with Crippen molar-refractivity contribution in [2.45, 2.75) is 32.2 Å². The summed E-state index contributed by atoms with van der Waals surface area (Å²) in [6.07, 6.45) is 0.0555. The number of carbonyl (C=O) groups excluding carboxylic acids is 2. The van der Waals surface area contributed by atoms with Gasteiger partial charge in [0.2, 0.25) is 11.8 Å². The van der Waals surface area contributed by atoms with Crippen molar-refractivity contribution in [3.8, 4) is 0 Å². The van der Waals surface area contributed by atoms with Crippen molar-refractivity contribution >= 4 is 11.8 Å². The molecule has 2 aromatic carbocycles. The average molecular weight is 324 g/mol. The molecule has 0 bridgehead atoms. The van der Waals surface area contributed by atoms with Crippen LogP contribution in [-0.4, -0.2) is 17.9 Å². The van der Waals surface area contributed by atoms with Crippen molar-refractivity contribution in [3.63, 3.8) is 0 Å². The van der Waals surface area contributed by atoms with Gasteiger partial charge in [0.05, 0.1) is 0 Å². The third-order valence-electron chi connectivity index (χ3n) is 4.14. The molecule has 0 fully saturated rings. The molecule has 126 valence electrons. The second kappa shape index (κ2) is 8.29. The largest absolute Gasteiger partial charge is 0.370 e. The van der Waals surface area contributed by atoms with Gasteiger partial charge in [-0.1, -0.05) is 67.6 Å². The summed E-state index contributed by atoms with van der Waals surface area (Å²) in [4.78, 5) is 23.4. The van der Waals surface area contributed by atoms with Gasteiger partial charge in [-0.25, -0.2) is 0 Å². The van der Waals surface area contributed by atoms with Crippen molar-refractivity contribution in [1.29, 1.82) is 0 Å². The van der Waals surface area contributed by atoms with Crippen LogP contribution < -0.4 is 11.1 Å².